The Balaban J connectivity index is 2.17. The van der Waals surface area contributed by atoms with Gasteiger partial charge in [0.1, 0.15) is 0 Å². The molecular formula is C23H30S2. The summed E-state index contributed by atoms with van der Waals surface area (Å²) in [5, 5.41) is 1.11. The van der Waals surface area contributed by atoms with E-state index >= 15 is 0 Å². The first-order valence-corrected chi connectivity index (χ1v) is 12.0. The third-order valence-corrected chi connectivity index (χ3v) is 7.64. The van der Waals surface area contributed by atoms with E-state index in [1.807, 2.05) is 23.5 Å². The zero-order chi connectivity index (χ0) is 17.8. The lowest BCUT2D eigenvalue weighted by Crippen LogP contribution is -2.13. The van der Waals surface area contributed by atoms with Crippen LogP contribution in [0.4, 0.5) is 0 Å². The SMILES string of the molecule is CCCCc1c2cccc1C(SC)Cc1cccc(c1C)CC2SC. The number of unbranched alkanes of at least 4 members (excludes halogenated alkanes) is 1. The van der Waals surface area contributed by atoms with Gasteiger partial charge in [-0.1, -0.05) is 49.7 Å². The summed E-state index contributed by atoms with van der Waals surface area (Å²) in [4.78, 5) is 0. The van der Waals surface area contributed by atoms with E-state index in [1.54, 1.807) is 16.7 Å². The van der Waals surface area contributed by atoms with Crippen LogP contribution >= 0.6 is 23.5 Å². The molecule has 0 fully saturated rings. The summed E-state index contributed by atoms with van der Waals surface area (Å²) < 4.78 is 0. The van der Waals surface area contributed by atoms with E-state index in [0.29, 0.717) is 10.5 Å². The minimum atomic E-state index is 0.557. The Hall–Kier alpha value is -0.860. The third kappa shape index (κ3) is 3.95. The molecule has 0 heterocycles. The zero-order valence-corrected chi connectivity index (χ0v) is 17.6. The third-order valence-electron chi connectivity index (χ3n) is 5.66. The second-order valence-electron chi connectivity index (χ2n) is 7.08. The lowest BCUT2D eigenvalue weighted by molar-refractivity contribution is 0.759. The van der Waals surface area contributed by atoms with Crippen molar-refractivity contribution in [3.63, 3.8) is 0 Å². The summed E-state index contributed by atoms with van der Waals surface area (Å²) in [5.41, 5.74) is 9.40. The molecule has 0 amide bonds. The Kier molecular flexibility index (Phi) is 6.57. The van der Waals surface area contributed by atoms with Gasteiger partial charge >= 0.3 is 0 Å². The maximum absolute atomic E-state index is 2.40. The van der Waals surface area contributed by atoms with Gasteiger partial charge in [0.2, 0.25) is 0 Å². The molecule has 0 aromatic heterocycles. The van der Waals surface area contributed by atoms with E-state index in [4.69, 9.17) is 0 Å². The fourth-order valence-corrected chi connectivity index (χ4v) is 5.73. The molecule has 0 saturated heterocycles. The van der Waals surface area contributed by atoms with E-state index in [0.717, 1.165) is 12.8 Å². The first-order chi connectivity index (χ1) is 12.2. The van der Waals surface area contributed by atoms with Crippen molar-refractivity contribution in [2.45, 2.75) is 56.5 Å². The van der Waals surface area contributed by atoms with Crippen LogP contribution in [-0.2, 0) is 19.3 Å². The molecule has 3 rings (SSSR count). The van der Waals surface area contributed by atoms with Gasteiger partial charge in [0, 0.05) is 10.5 Å². The Bertz CT molecular complexity index is 670. The van der Waals surface area contributed by atoms with Crippen LogP contribution in [0.2, 0.25) is 0 Å². The van der Waals surface area contributed by atoms with Crippen molar-refractivity contribution in [2.75, 3.05) is 12.5 Å². The molecule has 1 aliphatic carbocycles. The van der Waals surface area contributed by atoms with E-state index in [-0.39, 0.29) is 0 Å². The van der Waals surface area contributed by atoms with Gasteiger partial charge in [0.15, 0.2) is 0 Å². The van der Waals surface area contributed by atoms with Crippen molar-refractivity contribution >= 4 is 23.5 Å². The van der Waals surface area contributed by atoms with Crippen LogP contribution in [0.25, 0.3) is 0 Å². The highest BCUT2D eigenvalue weighted by Gasteiger charge is 2.24. The van der Waals surface area contributed by atoms with Gasteiger partial charge in [-0.25, -0.2) is 0 Å². The normalized spacial score (nSPS) is 19.7. The second kappa shape index (κ2) is 8.68. The highest BCUT2D eigenvalue weighted by Crippen LogP contribution is 2.42. The van der Waals surface area contributed by atoms with Crippen LogP contribution in [0.1, 0.15) is 63.6 Å². The molecule has 134 valence electrons. The number of thioether (sulfide) groups is 2. The largest absolute Gasteiger partial charge is 0.157 e. The molecule has 2 unspecified atom stereocenters. The van der Waals surface area contributed by atoms with Crippen molar-refractivity contribution < 1.29 is 0 Å². The Morgan fingerprint density at radius 1 is 0.880 bits per heavy atom. The lowest BCUT2D eigenvalue weighted by atomic mass is 9.85. The molecular weight excluding hydrogens is 340 g/mol. The molecule has 2 aromatic carbocycles. The second-order valence-corrected chi connectivity index (χ2v) is 9.16. The van der Waals surface area contributed by atoms with E-state index in [2.05, 4.69) is 62.8 Å². The summed E-state index contributed by atoms with van der Waals surface area (Å²) in [6.07, 6.45) is 10.6. The van der Waals surface area contributed by atoms with Gasteiger partial charge in [-0.15, -0.1) is 0 Å². The number of hydrogen-bond donors (Lipinski definition) is 0. The number of fused-ring (bicyclic) bond motifs is 4. The summed E-state index contributed by atoms with van der Waals surface area (Å²) >= 11 is 4.03. The van der Waals surface area contributed by atoms with Crippen molar-refractivity contribution in [3.8, 4) is 0 Å². The van der Waals surface area contributed by atoms with Crippen LogP contribution in [-0.4, -0.2) is 12.5 Å². The topological polar surface area (TPSA) is 0 Å². The molecule has 2 atom stereocenters. The first kappa shape index (κ1) is 18.9. The van der Waals surface area contributed by atoms with Gasteiger partial charge in [-0.05, 0) is 78.5 Å². The van der Waals surface area contributed by atoms with Gasteiger partial charge in [0.05, 0.1) is 0 Å². The number of hydrogen-bond acceptors (Lipinski definition) is 2. The summed E-state index contributed by atoms with van der Waals surface area (Å²) in [6, 6.07) is 14.0. The Labute approximate surface area is 162 Å². The molecule has 1 aliphatic rings. The summed E-state index contributed by atoms with van der Waals surface area (Å²) in [5.74, 6) is 0. The minimum Gasteiger partial charge on any atom is -0.157 e. The van der Waals surface area contributed by atoms with Gasteiger partial charge in [-0.3, -0.25) is 0 Å². The van der Waals surface area contributed by atoms with Crippen LogP contribution < -0.4 is 0 Å². The Morgan fingerprint density at radius 3 is 1.88 bits per heavy atom. The molecule has 0 aliphatic heterocycles. The molecule has 0 saturated carbocycles. The maximum Gasteiger partial charge on any atom is 0.0337 e. The molecule has 0 spiro atoms. The molecule has 0 nitrogen and oxygen atoms in total. The zero-order valence-electron chi connectivity index (χ0n) is 16.0. The first-order valence-electron chi connectivity index (χ1n) is 9.44. The van der Waals surface area contributed by atoms with Crippen molar-refractivity contribution in [1.82, 2.24) is 0 Å². The molecule has 4 bridgehead atoms. The lowest BCUT2D eigenvalue weighted by Gasteiger charge is -2.28. The maximum atomic E-state index is 2.40. The molecule has 0 radical (unpaired) electrons. The van der Waals surface area contributed by atoms with Crippen molar-refractivity contribution in [1.29, 1.82) is 0 Å². The molecule has 0 N–H and O–H groups in total. The molecule has 2 aromatic rings. The highest BCUT2D eigenvalue weighted by molar-refractivity contribution is 7.99. The Morgan fingerprint density at radius 2 is 1.40 bits per heavy atom. The van der Waals surface area contributed by atoms with Crippen LogP contribution in [0, 0.1) is 6.92 Å². The van der Waals surface area contributed by atoms with Gasteiger partial charge < -0.3 is 0 Å². The quantitative estimate of drug-likeness (QED) is 0.559. The fraction of sp³-hybridized carbons (Fsp3) is 0.478. The molecule has 2 heteroatoms. The van der Waals surface area contributed by atoms with Gasteiger partial charge in [0.25, 0.3) is 0 Å². The monoisotopic (exact) mass is 370 g/mol. The van der Waals surface area contributed by atoms with E-state index in [9.17, 15) is 0 Å². The standard InChI is InChI=1S/C23H30S2/c1-5-6-11-19-20-12-8-13-21(19)23(25-4)15-18-10-7-9-17(16(18)2)14-22(20)24-3/h7-10,12-13,22-23H,5-6,11,14-15H2,1-4H3. The highest BCUT2D eigenvalue weighted by atomic mass is 32.2. The average molecular weight is 371 g/mol. The van der Waals surface area contributed by atoms with E-state index in [1.165, 1.54) is 36.0 Å². The van der Waals surface area contributed by atoms with Crippen LogP contribution in [0.15, 0.2) is 36.4 Å². The van der Waals surface area contributed by atoms with E-state index < -0.39 is 0 Å². The van der Waals surface area contributed by atoms with Gasteiger partial charge in [-0.2, -0.15) is 23.5 Å². The minimum absolute atomic E-state index is 0.557. The average Bonchev–Trinajstić information content (AvgIpc) is 2.64. The van der Waals surface area contributed by atoms with Crippen molar-refractivity contribution in [3.05, 3.63) is 69.8 Å². The number of rotatable bonds is 5. The number of benzene rings is 2. The van der Waals surface area contributed by atoms with Crippen molar-refractivity contribution in [2.24, 2.45) is 0 Å². The molecule has 25 heavy (non-hydrogen) atoms. The van der Waals surface area contributed by atoms with Crippen LogP contribution in [0.3, 0.4) is 0 Å². The fourth-order valence-electron chi connectivity index (χ4n) is 4.09. The summed E-state index contributed by atoms with van der Waals surface area (Å²) in [7, 11) is 0. The smallest absolute Gasteiger partial charge is 0.0337 e. The predicted octanol–water partition coefficient (Wildman–Crippen LogP) is 6.94. The predicted molar refractivity (Wildman–Crippen MR) is 116 cm³/mol. The van der Waals surface area contributed by atoms with Crippen LogP contribution in [0.5, 0.6) is 0 Å². The summed E-state index contributed by atoms with van der Waals surface area (Å²) in [6.45, 7) is 4.63.